The van der Waals surface area contributed by atoms with Gasteiger partial charge in [0.25, 0.3) is 5.56 Å². The SMILES string of the molecule is C=CCCOc1cccc(C)c1-c1cccc([C@H](CC(=O)OC)NC(=O)[C@H](CCC=C)n2cc(F)ccc2=O)c1. The number of nitrogens with one attached hydrogen (secondary N) is 1. The maximum atomic E-state index is 14.0. The molecule has 0 spiro atoms. The van der Waals surface area contributed by atoms with Crippen molar-refractivity contribution in [3.8, 4) is 16.9 Å². The lowest BCUT2D eigenvalue weighted by molar-refractivity contribution is -0.141. The fraction of sp³-hybridized carbons (Fsp3) is 0.281. The molecule has 2 atom stereocenters. The fourth-order valence-corrected chi connectivity index (χ4v) is 4.46. The molecule has 0 radical (unpaired) electrons. The molecule has 8 heteroatoms. The van der Waals surface area contributed by atoms with Crippen LogP contribution in [-0.4, -0.2) is 30.2 Å². The summed E-state index contributed by atoms with van der Waals surface area (Å²) in [4.78, 5) is 38.5. The number of nitrogens with zero attached hydrogens (tertiary/aromatic N) is 1. The summed E-state index contributed by atoms with van der Waals surface area (Å²) < 4.78 is 26.0. The van der Waals surface area contributed by atoms with Gasteiger partial charge in [-0.2, -0.15) is 0 Å². The van der Waals surface area contributed by atoms with Crippen molar-refractivity contribution in [3.63, 3.8) is 0 Å². The maximum absolute atomic E-state index is 14.0. The molecule has 1 amide bonds. The van der Waals surface area contributed by atoms with E-state index in [-0.39, 0.29) is 12.8 Å². The number of methoxy groups -OCH3 is 1. The van der Waals surface area contributed by atoms with Gasteiger partial charge >= 0.3 is 5.97 Å². The molecule has 1 N–H and O–H groups in total. The molecule has 0 aliphatic carbocycles. The summed E-state index contributed by atoms with van der Waals surface area (Å²) in [6.45, 7) is 9.89. The normalized spacial score (nSPS) is 12.2. The molecule has 0 aliphatic heterocycles. The molecule has 7 nitrogen and oxygen atoms in total. The number of benzene rings is 2. The molecular weight excluding hydrogens is 511 g/mol. The van der Waals surface area contributed by atoms with Crippen molar-refractivity contribution in [2.24, 2.45) is 0 Å². The molecule has 210 valence electrons. The zero-order valence-electron chi connectivity index (χ0n) is 22.9. The lowest BCUT2D eigenvalue weighted by Gasteiger charge is -2.24. The number of halogens is 1. The minimum atomic E-state index is -1.01. The van der Waals surface area contributed by atoms with Gasteiger partial charge in [-0.05, 0) is 61.1 Å². The predicted octanol–water partition coefficient (Wildman–Crippen LogP) is 5.85. The summed E-state index contributed by atoms with van der Waals surface area (Å²) in [5.41, 5.74) is 2.88. The molecule has 40 heavy (non-hydrogen) atoms. The van der Waals surface area contributed by atoms with E-state index in [1.54, 1.807) is 18.2 Å². The number of pyridine rings is 1. The number of ether oxygens (including phenoxy) is 2. The average molecular weight is 547 g/mol. The van der Waals surface area contributed by atoms with Crippen LogP contribution in [0.25, 0.3) is 11.1 Å². The van der Waals surface area contributed by atoms with Crippen LogP contribution in [0.2, 0.25) is 0 Å². The van der Waals surface area contributed by atoms with Gasteiger partial charge in [0.15, 0.2) is 0 Å². The van der Waals surface area contributed by atoms with E-state index in [9.17, 15) is 18.8 Å². The third kappa shape index (κ3) is 7.79. The van der Waals surface area contributed by atoms with Crippen LogP contribution in [0, 0.1) is 12.7 Å². The summed E-state index contributed by atoms with van der Waals surface area (Å²) in [5.74, 6) is -0.981. The van der Waals surface area contributed by atoms with E-state index in [0.717, 1.165) is 39.6 Å². The Morgan fingerprint density at radius 3 is 2.55 bits per heavy atom. The highest BCUT2D eigenvalue weighted by Gasteiger charge is 2.26. The quantitative estimate of drug-likeness (QED) is 0.156. The number of esters is 1. The van der Waals surface area contributed by atoms with E-state index in [1.165, 1.54) is 7.11 Å². The van der Waals surface area contributed by atoms with E-state index in [0.29, 0.717) is 30.8 Å². The minimum absolute atomic E-state index is 0.144. The van der Waals surface area contributed by atoms with Crippen LogP contribution in [0.5, 0.6) is 5.75 Å². The van der Waals surface area contributed by atoms with Gasteiger partial charge < -0.3 is 19.4 Å². The largest absolute Gasteiger partial charge is 0.493 e. The molecule has 0 saturated carbocycles. The summed E-state index contributed by atoms with van der Waals surface area (Å²) >= 11 is 0. The van der Waals surface area contributed by atoms with Crippen LogP contribution in [0.3, 0.4) is 0 Å². The number of carbonyl (C=O) groups excluding carboxylic acids is 2. The Balaban J connectivity index is 2.00. The van der Waals surface area contributed by atoms with Gasteiger partial charge in [0, 0.05) is 17.8 Å². The van der Waals surface area contributed by atoms with Crippen molar-refractivity contribution < 1.29 is 23.5 Å². The monoisotopic (exact) mass is 546 g/mol. The Kier molecular flexibility index (Phi) is 11.0. The number of carbonyl (C=O) groups is 2. The van der Waals surface area contributed by atoms with Crippen molar-refractivity contribution in [3.05, 3.63) is 113 Å². The molecular formula is C32H35FN2O5. The van der Waals surface area contributed by atoms with Gasteiger partial charge in [0.2, 0.25) is 5.91 Å². The first-order valence-corrected chi connectivity index (χ1v) is 13.1. The van der Waals surface area contributed by atoms with Crippen LogP contribution in [-0.2, 0) is 14.3 Å². The number of aromatic nitrogens is 1. The van der Waals surface area contributed by atoms with Crippen molar-refractivity contribution in [1.29, 1.82) is 0 Å². The third-order valence-corrected chi connectivity index (χ3v) is 6.49. The molecule has 1 heterocycles. The van der Waals surface area contributed by atoms with Crippen LogP contribution < -0.4 is 15.6 Å². The summed E-state index contributed by atoms with van der Waals surface area (Å²) in [5, 5.41) is 2.90. The smallest absolute Gasteiger partial charge is 0.307 e. The third-order valence-electron chi connectivity index (χ3n) is 6.49. The first-order chi connectivity index (χ1) is 19.3. The minimum Gasteiger partial charge on any atom is -0.493 e. The van der Waals surface area contributed by atoms with E-state index in [2.05, 4.69) is 18.5 Å². The number of hydrogen-bond donors (Lipinski definition) is 1. The lowest BCUT2D eigenvalue weighted by Crippen LogP contribution is -2.39. The van der Waals surface area contributed by atoms with Gasteiger partial charge in [-0.15, -0.1) is 13.2 Å². The van der Waals surface area contributed by atoms with Gasteiger partial charge in [-0.25, -0.2) is 4.39 Å². The second-order valence-electron chi connectivity index (χ2n) is 9.32. The number of aryl methyl sites for hydroxylation is 1. The van der Waals surface area contributed by atoms with Crippen molar-refractivity contribution in [2.45, 2.75) is 44.7 Å². The van der Waals surface area contributed by atoms with E-state index < -0.39 is 35.3 Å². The maximum Gasteiger partial charge on any atom is 0.307 e. The molecule has 0 unspecified atom stereocenters. The number of allylic oxidation sites excluding steroid dienone is 1. The highest BCUT2D eigenvalue weighted by Crippen LogP contribution is 2.35. The zero-order chi connectivity index (χ0) is 29.1. The molecule has 3 rings (SSSR count). The van der Waals surface area contributed by atoms with Crippen LogP contribution in [0.15, 0.2) is 90.9 Å². The van der Waals surface area contributed by atoms with Crippen LogP contribution >= 0.6 is 0 Å². The summed E-state index contributed by atoms with van der Waals surface area (Å²) in [6, 6.07) is 13.6. The highest BCUT2D eigenvalue weighted by atomic mass is 19.1. The molecule has 0 bridgehead atoms. The van der Waals surface area contributed by atoms with Gasteiger partial charge in [-0.3, -0.25) is 14.4 Å². The van der Waals surface area contributed by atoms with E-state index in [4.69, 9.17) is 9.47 Å². The van der Waals surface area contributed by atoms with Crippen LogP contribution in [0.1, 0.15) is 48.9 Å². The molecule has 0 saturated heterocycles. The standard InChI is InChI=1S/C32H35FN2O5/c1-5-7-14-27(35-21-25(33)16-17-29(35)36)32(38)34-26(20-30(37)39-4)23-12-10-13-24(19-23)31-22(3)11-9-15-28(31)40-18-8-6-2/h5-6,9-13,15-17,19,21,26-27H,1-2,7-8,14,18,20H2,3-4H3,(H,34,38)/t26-,27-/m0/s1. The second-order valence-corrected chi connectivity index (χ2v) is 9.32. The first kappa shape index (κ1) is 30.1. The Hall–Kier alpha value is -4.46. The lowest BCUT2D eigenvalue weighted by atomic mass is 9.94. The topological polar surface area (TPSA) is 86.6 Å². The van der Waals surface area contributed by atoms with Gasteiger partial charge in [0.1, 0.15) is 17.6 Å². The summed E-state index contributed by atoms with van der Waals surface area (Å²) in [7, 11) is 1.27. The molecule has 3 aromatic rings. The molecule has 0 aliphatic rings. The molecule has 0 fully saturated rings. The van der Waals surface area contributed by atoms with Crippen molar-refractivity contribution in [1.82, 2.24) is 9.88 Å². The Bertz CT molecular complexity index is 1410. The molecule has 2 aromatic carbocycles. The summed E-state index contributed by atoms with van der Waals surface area (Å²) in [6.07, 6.45) is 5.61. The second kappa shape index (κ2) is 14.6. The number of rotatable bonds is 14. The average Bonchev–Trinajstić information content (AvgIpc) is 2.94. The van der Waals surface area contributed by atoms with E-state index >= 15 is 0 Å². The van der Waals surface area contributed by atoms with Crippen molar-refractivity contribution in [2.75, 3.05) is 13.7 Å². The zero-order valence-corrected chi connectivity index (χ0v) is 22.9. The molecule has 1 aromatic heterocycles. The Morgan fingerprint density at radius 1 is 1.07 bits per heavy atom. The number of amides is 1. The Labute approximate surface area is 233 Å². The number of hydrogen-bond acceptors (Lipinski definition) is 5. The highest BCUT2D eigenvalue weighted by molar-refractivity contribution is 5.82. The van der Waals surface area contributed by atoms with E-state index in [1.807, 2.05) is 43.3 Å². The van der Waals surface area contributed by atoms with Crippen molar-refractivity contribution >= 4 is 11.9 Å². The first-order valence-electron chi connectivity index (χ1n) is 13.1. The van der Waals surface area contributed by atoms with Gasteiger partial charge in [0.05, 0.1) is 26.2 Å². The van der Waals surface area contributed by atoms with Gasteiger partial charge in [-0.1, -0.05) is 42.5 Å². The van der Waals surface area contributed by atoms with Crippen LogP contribution in [0.4, 0.5) is 4.39 Å². The fourth-order valence-electron chi connectivity index (χ4n) is 4.46. The predicted molar refractivity (Wildman–Crippen MR) is 154 cm³/mol. The Morgan fingerprint density at radius 2 is 1.82 bits per heavy atom.